The Morgan fingerprint density at radius 1 is 1.18 bits per heavy atom. The van der Waals surface area contributed by atoms with Crippen molar-refractivity contribution in [2.24, 2.45) is 0 Å². The Labute approximate surface area is 109 Å². The van der Waals surface area contributed by atoms with Crippen molar-refractivity contribution >= 4 is 23.2 Å². The Morgan fingerprint density at radius 2 is 2.00 bits per heavy atom. The number of rotatable bonds is 3. The van der Waals surface area contributed by atoms with E-state index in [2.05, 4.69) is 4.98 Å². The second-order valence-electron chi connectivity index (χ2n) is 3.30. The fourth-order valence-electron chi connectivity index (χ4n) is 1.27. The number of halogens is 2. The highest BCUT2D eigenvalue weighted by Gasteiger charge is 2.05. The molecule has 0 radical (unpaired) electrons. The average molecular weight is 270 g/mol. The van der Waals surface area contributed by atoms with Gasteiger partial charge in [0.15, 0.2) is 0 Å². The second kappa shape index (κ2) is 5.36. The number of aliphatic hydroxyl groups is 1. The van der Waals surface area contributed by atoms with E-state index >= 15 is 0 Å². The van der Waals surface area contributed by atoms with E-state index in [4.69, 9.17) is 33.0 Å². The molecular weight excluding hydrogens is 261 g/mol. The van der Waals surface area contributed by atoms with Gasteiger partial charge in [-0.15, -0.1) is 0 Å². The minimum absolute atomic E-state index is 0.138. The Morgan fingerprint density at radius 3 is 2.76 bits per heavy atom. The number of aromatic nitrogens is 1. The minimum Gasteiger partial charge on any atom is -0.437 e. The van der Waals surface area contributed by atoms with Gasteiger partial charge in [0.2, 0.25) is 5.88 Å². The monoisotopic (exact) mass is 269 g/mol. The van der Waals surface area contributed by atoms with Crippen molar-refractivity contribution in [3.05, 3.63) is 52.1 Å². The van der Waals surface area contributed by atoms with Gasteiger partial charge in [-0.05, 0) is 18.2 Å². The predicted molar refractivity (Wildman–Crippen MR) is 66.7 cm³/mol. The molecule has 0 fully saturated rings. The minimum atomic E-state index is -0.138. The third-order valence-corrected chi connectivity index (χ3v) is 2.60. The molecule has 1 aromatic heterocycles. The summed E-state index contributed by atoms with van der Waals surface area (Å²) >= 11 is 11.8. The molecule has 3 nitrogen and oxygen atoms in total. The van der Waals surface area contributed by atoms with Crippen LogP contribution in [0, 0.1) is 0 Å². The van der Waals surface area contributed by atoms with Crippen molar-refractivity contribution in [1.29, 1.82) is 0 Å². The molecule has 2 aromatic rings. The molecule has 0 amide bonds. The first kappa shape index (κ1) is 12.2. The smallest absolute Gasteiger partial charge is 0.219 e. The first-order valence-corrected chi connectivity index (χ1v) is 5.64. The molecule has 0 aliphatic heterocycles. The van der Waals surface area contributed by atoms with Crippen LogP contribution in [0.4, 0.5) is 0 Å². The molecule has 0 saturated heterocycles. The Hall–Kier alpha value is -1.29. The van der Waals surface area contributed by atoms with Crippen LogP contribution in [0.25, 0.3) is 0 Å². The maximum Gasteiger partial charge on any atom is 0.219 e. The molecule has 0 saturated carbocycles. The lowest BCUT2D eigenvalue weighted by Crippen LogP contribution is -1.93. The van der Waals surface area contributed by atoms with Crippen molar-refractivity contribution in [2.45, 2.75) is 6.61 Å². The Kier molecular flexibility index (Phi) is 3.84. The summed E-state index contributed by atoms with van der Waals surface area (Å²) in [5.74, 6) is 0.794. The number of aliphatic hydroxyl groups excluding tert-OH is 1. The third kappa shape index (κ3) is 3.09. The lowest BCUT2D eigenvalue weighted by molar-refractivity contribution is 0.275. The lowest BCUT2D eigenvalue weighted by atomic mass is 10.3. The van der Waals surface area contributed by atoms with E-state index in [1.807, 2.05) is 0 Å². The SMILES string of the molecule is OCc1cccc(Oc2cc(Cl)ccc2Cl)n1. The quantitative estimate of drug-likeness (QED) is 0.925. The summed E-state index contributed by atoms with van der Waals surface area (Å²) in [4.78, 5) is 4.08. The summed E-state index contributed by atoms with van der Waals surface area (Å²) in [6.45, 7) is -0.138. The molecule has 0 aliphatic carbocycles. The summed E-state index contributed by atoms with van der Waals surface area (Å²) in [6.07, 6.45) is 0. The summed E-state index contributed by atoms with van der Waals surface area (Å²) < 4.78 is 5.49. The largest absolute Gasteiger partial charge is 0.437 e. The molecule has 0 aliphatic rings. The van der Waals surface area contributed by atoms with E-state index in [0.29, 0.717) is 27.4 Å². The standard InChI is InChI=1S/C12H9Cl2NO2/c13-8-4-5-10(14)11(6-8)17-12-3-1-2-9(7-16)15-12/h1-6,16H,7H2. The van der Waals surface area contributed by atoms with Crippen LogP contribution in [0.15, 0.2) is 36.4 Å². The fraction of sp³-hybridized carbons (Fsp3) is 0.0833. The molecule has 1 heterocycles. The maximum absolute atomic E-state index is 8.96. The van der Waals surface area contributed by atoms with Crippen LogP contribution in [0.1, 0.15) is 5.69 Å². The highest BCUT2D eigenvalue weighted by Crippen LogP contribution is 2.31. The number of pyridine rings is 1. The Balaban J connectivity index is 2.27. The van der Waals surface area contributed by atoms with Gasteiger partial charge in [0.05, 0.1) is 17.3 Å². The molecule has 0 atom stereocenters. The van der Waals surface area contributed by atoms with Gasteiger partial charge in [0, 0.05) is 17.2 Å². The third-order valence-electron chi connectivity index (χ3n) is 2.05. The number of nitrogens with zero attached hydrogens (tertiary/aromatic N) is 1. The van der Waals surface area contributed by atoms with Crippen LogP contribution in [0.3, 0.4) is 0 Å². The molecule has 0 unspecified atom stereocenters. The predicted octanol–water partition coefficient (Wildman–Crippen LogP) is 3.67. The van der Waals surface area contributed by atoms with Crippen LogP contribution < -0.4 is 4.74 Å². The summed E-state index contributed by atoms with van der Waals surface area (Å²) in [5.41, 5.74) is 0.528. The molecule has 2 rings (SSSR count). The van der Waals surface area contributed by atoms with Gasteiger partial charge in [-0.3, -0.25) is 0 Å². The maximum atomic E-state index is 8.96. The molecule has 1 aromatic carbocycles. The van der Waals surface area contributed by atoms with Crippen molar-refractivity contribution in [3.8, 4) is 11.6 Å². The van der Waals surface area contributed by atoms with E-state index in [0.717, 1.165) is 0 Å². The number of hydrogen-bond acceptors (Lipinski definition) is 3. The van der Waals surface area contributed by atoms with Gasteiger partial charge in [-0.2, -0.15) is 0 Å². The molecule has 88 valence electrons. The van der Waals surface area contributed by atoms with E-state index in [1.165, 1.54) is 0 Å². The van der Waals surface area contributed by atoms with Gasteiger partial charge >= 0.3 is 0 Å². The van der Waals surface area contributed by atoms with Crippen molar-refractivity contribution in [3.63, 3.8) is 0 Å². The first-order chi connectivity index (χ1) is 8.19. The van der Waals surface area contributed by atoms with Crippen molar-refractivity contribution in [1.82, 2.24) is 4.98 Å². The zero-order chi connectivity index (χ0) is 12.3. The fourth-order valence-corrected chi connectivity index (χ4v) is 1.59. The van der Waals surface area contributed by atoms with Crippen molar-refractivity contribution < 1.29 is 9.84 Å². The van der Waals surface area contributed by atoms with Crippen LogP contribution in [-0.4, -0.2) is 10.1 Å². The highest BCUT2D eigenvalue weighted by atomic mass is 35.5. The number of hydrogen-bond donors (Lipinski definition) is 1. The van der Waals surface area contributed by atoms with Gasteiger partial charge in [0.1, 0.15) is 5.75 Å². The molecule has 17 heavy (non-hydrogen) atoms. The average Bonchev–Trinajstić information content (AvgIpc) is 2.34. The van der Waals surface area contributed by atoms with Crippen LogP contribution in [-0.2, 0) is 6.61 Å². The zero-order valence-electron chi connectivity index (χ0n) is 8.73. The van der Waals surface area contributed by atoms with Gasteiger partial charge < -0.3 is 9.84 Å². The van der Waals surface area contributed by atoms with Crippen LogP contribution >= 0.6 is 23.2 Å². The van der Waals surface area contributed by atoms with E-state index in [9.17, 15) is 0 Å². The highest BCUT2D eigenvalue weighted by molar-refractivity contribution is 6.34. The van der Waals surface area contributed by atoms with Gasteiger partial charge in [-0.25, -0.2) is 4.98 Å². The lowest BCUT2D eigenvalue weighted by Gasteiger charge is -2.07. The summed E-state index contributed by atoms with van der Waals surface area (Å²) in [5, 5.41) is 9.94. The zero-order valence-corrected chi connectivity index (χ0v) is 10.2. The normalized spacial score (nSPS) is 10.3. The Bertz CT molecular complexity index is 532. The topological polar surface area (TPSA) is 42.4 Å². The molecule has 5 heteroatoms. The number of benzene rings is 1. The van der Waals surface area contributed by atoms with Crippen LogP contribution in [0.2, 0.25) is 10.0 Å². The van der Waals surface area contributed by atoms with E-state index < -0.39 is 0 Å². The molecule has 1 N–H and O–H groups in total. The summed E-state index contributed by atoms with van der Waals surface area (Å²) in [7, 11) is 0. The van der Waals surface area contributed by atoms with Crippen molar-refractivity contribution in [2.75, 3.05) is 0 Å². The second-order valence-corrected chi connectivity index (χ2v) is 4.15. The molecule has 0 bridgehead atoms. The van der Waals surface area contributed by atoms with Gasteiger partial charge in [-0.1, -0.05) is 29.3 Å². The summed E-state index contributed by atoms with van der Waals surface area (Å²) in [6, 6.07) is 10.1. The van der Waals surface area contributed by atoms with Gasteiger partial charge in [0.25, 0.3) is 0 Å². The van der Waals surface area contributed by atoms with E-state index in [1.54, 1.807) is 36.4 Å². The number of ether oxygens (including phenoxy) is 1. The van der Waals surface area contributed by atoms with Crippen LogP contribution in [0.5, 0.6) is 11.6 Å². The first-order valence-electron chi connectivity index (χ1n) is 4.89. The molecule has 0 spiro atoms. The van der Waals surface area contributed by atoms with E-state index in [-0.39, 0.29) is 6.61 Å². The molecular formula is C12H9Cl2NO2.